The fourth-order valence-electron chi connectivity index (χ4n) is 2.04. The summed E-state index contributed by atoms with van der Waals surface area (Å²) in [5.74, 6) is 0. The topological polar surface area (TPSA) is 23.5 Å². The van der Waals surface area contributed by atoms with Gasteiger partial charge in [-0.05, 0) is 29.3 Å². The second-order valence-electron chi connectivity index (χ2n) is 4.92. The van der Waals surface area contributed by atoms with Gasteiger partial charge in [0.05, 0.1) is 16.1 Å². The normalized spacial score (nSPS) is 12.2. The van der Waals surface area contributed by atoms with E-state index in [-0.39, 0.29) is 0 Å². The molecule has 0 aliphatic heterocycles. The number of anilines is 1. The van der Waals surface area contributed by atoms with Crippen LogP contribution in [0.4, 0.5) is 5.69 Å². The van der Waals surface area contributed by atoms with Gasteiger partial charge in [-0.15, -0.1) is 0 Å². The van der Waals surface area contributed by atoms with Crippen LogP contribution >= 0.6 is 23.2 Å². The lowest BCUT2D eigenvalue weighted by atomic mass is 10.0. The van der Waals surface area contributed by atoms with E-state index in [0.29, 0.717) is 16.5 Å². The second kappa shape index (κ2) is 6.49. The predicted octanol–water partition coefficient (Wildman–Crippen LogP) is 4.34. The Labute approximate surface area is 129 Å². The fraction of sp³-hybridized carbons (Fsp3) is 0.250. The number of aliphatic hydroxyl groups excluding tert-OH is 1. The molecule has 0 aliphatic carbocycles. The maximum Gasteiger partial charge on any atom is 0.0831 e. The molecule has 1 unspecified atom stereocenters. The minimum Gasteiger partial charge on any atom is -0.388 e. The van der Waals surface area contributed by atoms with E-state index in [0.717, 1.165) is 16.8 Å². The first-order valence-electron chi connectivity index (χ1n) is 6.37. The highest BCUT2D eigenvalue weighted by Crippen LogP contribution is 2.30. The van der Waals surface area contributed by atoms with Gasteiger partial charge in [-0.2, -0.15) is 0 Å². The molecular formula is C16H17Cl2NO. The Hall–Kier alpha value is -1.22. The Morgan fingerprint density at radius 2 is 1.80 bits per heavy atom. The van der Waals surface area contributed by atoms with Crippen LogP contribution in [0.3, 0.4) is 0 Å². The van der Waals surface area contributed by atoms with E-state index in [9.17, 15) is 5.11 Å². The zero-order chi connectivity index (χ0) is 14.7. The van der Waals surface area contributed by atoms with Crippen molar-refractivity contribution < 1.29 is 5.11 Å². The van der Waals surface area contributed by atoms with Gasteiger partial charge in [0, 0.05) is 26.2 Å². The van der Waals surface area contributed by atoms with Crippen molar-refractivity contribution in [2.75, 3.05) is 19.0 Å². The molecule has 2 aromatic rings. The maximum absolute atomic E-state index is 10.4. The van der Waals surface area contributed by atoms with Crippen LogP contribution in [0.15, 0.2) is 42.5 Å². The van der Waals surface area contributed by atoms with Gasteiger partial charge in [0.2, 0.25) is 0 Å². The first-order chi connectivity index (χ1) is 9.49. The van der Waals surface area contributed by atoms with Crippen molar-refractivity contribution in [1.29, 1.82) is 0 Å². The highest BCUT2D eigenvalue weighted by atomic mass is 35.5. The fourth-order valence-corrected chi connectivity index (χ4v) is 2.44. The number of hydrogen-bond donors (Lipinski definition) is 1. The van der Waals surface area contributed by atoms with E-state index in [2.05, 4.69) is 0 Å². The molecule has 0 saturated heterocycles. The Morgan fingerprint density at radius 3 is 2.50 bits per heavy atom. The van der Waals surface area contributed by atoms with Gasteiger partial charge < -0.3 is 10.0 Å². The molecule has 0 bridgehead atoms. The molecule has 0 aliphatic rings. The van der Waals surface area contributed by atoms with Crippen LogP contribution in [0.2, 0.25) is 10.0 Å². The molecule has 0 amide bonds. The quantitative estimate of drug-likeness (QED) is 0.908. The Kier molecular flexibility index (Phi) is 4.92. The molecule has 4 heteroatoms. The lowest BCUT2D eigenvalue weighted by Crippen LogP contribution is -2.10. The van der Waals surface area contributed by atoms with Crippen molar-refractivity contribution in [1.82, 2.24) is 0 Å². The monoisotopic (exact) mass is 309 g/mol. The van der Waals surface area contributed by atoms with Gasteiger partial charge >= 0.3 is 0 Å². The lowest BCUT2D eigenvalue weighted by molar-refractivity contribution is 0.178. The first-order valence-corrected chi connectivity index (χ1v) is 7.13. The van der Waals surface area contributed by atoms with Crippen LogP contribution < -0.4 is 4.90 Å². The summed E-state index contributed by atoms with van der Waals surface area (Å²) in [4.78, 5) is 2.00. The van der Waals surface area contributed by atoms with Crippen LogP contribution in [0.1, 0.15) is 17.2 Å². The van der Waals surface area contributed by atoms with Crippen molar-refractivity contribution >= 4 is 28.9 Å². The zero-order valence-electron chi connectivity index (χ0n) is 11.5. The third kappa shape index (κ3) is 3.45. The SMILES string of the molecule is CN(C)c1cccc(C(O)Cc2cccc(Cl)c2Cl)c1. The summed E-state index contributed by atoms with van der Waals surface area (Å²) in [5, 5.41) is 11.4. The summed E-state index contributed by atoms with van der Waals surface area (Å²) >= 11 is 12.1. The summed E-state index contributed by atoms with van der Waals surface area (Å²) in [6.45, 7) is 0. The number of nitrogens with zero attached hydrogens (tertiary/aromatic N) is 1. The molecular weight excluding hydrogens is 293 g/mol. The number of benzene rings is 2. The predicted molar refractivity (Wildman–Crippen MR) is 85.9 cm³/mol. The van der Waals surface area contributed by atoms with Crippen molar-refractivity contribution in [3.8, 4) is 0 Å². The molecule has 0 heterocycles. The molecule has 1 atom stereocenters. The lowest BCUT2D eigenvalue weighted by Gasteiger charge is -2.17. The van der Waals surface area contributed by atoms with Crippen LogP contribution in [0.25, 0.3) is 0 Å². The summed E-state index contributed by atoms with van der Waals surface area (Å²) < 4.78 is 0. The third-order valence-electron chi connectivity index (χ3n) is 3.22. The van der Waals surface area contributed by atoms with E-state index in [1.54, 1.807) is 6.07 Å². The smallest absolute Gasteiger partial charge is 0.0831 e. The van der Waals surface area contributed by atoms with Crippen molar-refractivity contribution in [3.63, 3.8) is 0 Å². The van der Waals surface area contributed by atoms with Crippen molar-refractivity contribution in [2.45, 2.75) is 12.5 Å². The maximum atomic E-state index is 10.4. The van der Waals surface area contributed by atoms with Gasteiger partial charge in [0.1, 0.15) is 0 Å². The standard InChI is InChI=1S/C16H17Cl2NO/c1-19(2)13-7-3-5-11(9-13)15(20)10-12-6-4-8-14(17)16(12)18/h3-9,15,20H,10H2,1-2H3. The van der Waals surface area contributed by atoms with Gasteiger partial charge in [0.25, 0.3) is 0 Å². The average molecular weight is 310 g/mol. The largest absolute Gasteiger partial charge is 0.388 e. The molecule has 2 nitrogen and oxygen atoms in total. The Morgan fingerprint density at radius 1 is 1.10 bits per heavy atom. The van der Waals surface area contributed by atoms with Gasteiger partial charge in [-0.1, -0.05) is 47.5 Å². The molecule has 2 aromatic carbocycles. The third-order valence-corrected chi connectivity index (χ3v) is 4.07. The van der Waals surface area contributed by atoms with Crippen LogP contribution in [-0.2, 0) is 6.42 Å². The van der Waals surface area contributed by atoms with Crippen LogP contribution in [-0.4, -0.2) is 19.2 Å². The van der Waals surface area contributed by atoms with Crippen molar-refractivity contribution in [2.24, 2.45) is 0 Å². The zero-order valence-corrected chi connectivity index (χ0v) is 13.0. The van der Waals surface area contributed by atoms with Crippen LogP contribution in [0, 0.1) is 0 Å². The molecule has 1 N–H and O–H groups in total. The second-order valence-corrected chi connectivity index (χ2v) is 5.71. The number of rotatable bonds is 4. The highest BCUT2D eigenvalue weighted by molar-refractivity contribution is 6.42. The molecule has 20 heavy (non-hydrogen) atoms. The Balaban J connectivity index is 2.21. The summed E-state index contributed by atoms with van der Waals surface area (Å²) in [6, 6.07) is 13.3. The van der Waals surface area contributed by atoms with E-state index in [1.165, 1.54) is 0 Å². The molecule has 0 saturated carbocycles. The molecule has 106 valence electrons. The van der Waals surface area contributed by atoms with Crippen molar-refractivity contribution in [3.05, 3.63) is 63.6 Å². The molecule has 0 radical (unpaired) electrons. The number of aliphatic hydroxyl groups is 1. The van der Waals surface area contributed by atoms with E-state index < -0.39 is 6.10 Å². The average Bonchev–Trinajstić information content (AvgIpc) is 2.44. The molecule has 0 aromatic heterocycles. The number of halogens is 2. The molecule has 2 rings (SSSR count). The number of hydrogen-bond acceptors (Lipinski definition) is 2. The van der Waals surface area contributed by atoms with E-state index in [4.69, 9.17) is 23.2 Å². The van der Waals surface area contributed by atoms with Gasteiger partial charge in [0.15, 0.2) is 0 Å². The first kappa shape index (κ1) is 15.2. The highest BCUT2D eigenvalue weighted by Gasteiger charge is 2.13. The summed E-state index contributed by atoms with van der Waals surface area (Å²) in [5.41, 5.74) is 2.77. The van der Waals surface area contributed by atoms with E-state index in [1.807, 2.05) is 55.4 Å². The molecule has 0 fully saturated rings. The minimum absolute atomic E-state index is 0.441. The summed E-state index contributed by atoms with van der Waals surface area (Å²) in [7, 11) is 3.94. The Bertz CT molecular complexity index is 599. The van der Waals surface area contributed by atoms with Crippen LogP contribution in [0.5, 0.6) is 0 Å². The minimum atomic E-state index is -0.606. The van der Waals surface area contributed by atoms with Gasteiger partial charge in [-0.3, -0.25) is 0 Å². The molecule has 0 spiro atoms. The van der Waals surface area contributed by atoms with E-state index >= 15 is 0 Å². The summed E-state index contributed by atoms with van der Waals surface area (Å²) in [6.07, 6.45) is -0.165. The van der Waals surface area contributed by atoms with Gasteiger partial charge in [-0.25, -0.2) is 0 Å².